The molecule has 4 aromatic rings. The molecule has 1 aliphatic carbocycles. The maximum Gasteiger partial charge on any atom is 0.337 e. The first-order valence-electron chi connectivity index (χ1n) is 12.4. The molecule has 6 nitrogen and oxygen atoms in total. The van der Waals surface area contributed by atoms with Gasteiger partial charge in [0.15, 0.2) is 6.10 Å². The van der Waals surface area contributed by atoms with Crippen molar-refractivity contribution in [2.45, 2.75) is 36.5 Å². The molecule has 0 spiro atoms. The van der Waals surface area contributed by atoms with E-state index in [2.05, 4.69) is 4.72 Å². The van der Waals surface area contributed by atoms with Crippen molar-refractivity contribution in [1.29, 1.82) is 0 Å². The molecule has 5 rings (SSSR count). The smallest absolute Gasteiger partial charge is 0.337 e. The van der Waals surface area contributed by atoms with Crippen LogP contribution in [0.4, 0.5) is 0 Å². The van der Waals surface area contributed by atoms with Gasteiger partial charge < -0.3 is 10.2 Å². The summed E-state index contributed by atoms with van der Waals surface area (Å²) in [7, 11) is -3.64. The minimum atomic E-state index is -3.64. The van der Waals surface area contributed by atoms with Gasteiger partial charge in [-0.1, -0.05) is 91.0 Å². The fourth-order valence-corrected chi connectivity index (χ4v) is 6.81. The molecule has 190 valence electrons. The van der Waals surface area contributed by atoms with Crippen LogP contribution in [-0.4, -0.2) is 36.4 Å². The number of fused-ring (bicyclic) bond motifs is 3. The number of carboxylic acid groups (broad SMARTS) is 1. The van der Waals surface area contributed by atoms with E-state index >= 15 is 0 Å². The molecule has 0 fully saturated rings. The fourth-order valence-electron chi connectivity index (χ4n) is 5.36. The summed E-state index contributed by atoms with van der Waals surface area (Å²) < 4.78 is 30.0. The molecule has 0 heterocycles. The Morgan fingerprint density at radius 1 is 0.865 bits per heavy atom. The lowest BCUT2D eigenvalue weighted by atomic mass is 9.86. The number of aryl methyl sites for hydroxylation is 1. The zero-order valence-electron chi connectivity index (χ0n) is 20.2. The Hall–Kier alpha value is -3.52. The molecule has 37 heavy (non-hydrogen) atoms. The third-order valence-corrected chi connectivity index (χ3v) is 9.18. The number of carbonyl (C=O) groups is 1. The lowest BCUT2D eigenvalue weighted by Crippen LogP contribution is -2.39. The van der Waals surface area contributed by atoms with Gasteiger partial charge in [0.2, 0.25) is 10.0 Å². The van der Waals surface area contributed by atoms with Crippen LogP contribution in [0, 0.1) is 0 Å². The third-order valence-electron chi connectivity index (χ3n) is 7.33. The molecule has 1 aliphatic rings. The molecule has 7 heteroatoms. The SMILES string of the molecule is O=C(O)C(O)c1cccc2c3c(ccc12)CCC(S(=O)(=O)NCC(c1ccccc1)c1ccccc1)C3. The second-order valence-electron chi connectivity index (χ2n) is 9.52. The van der Waals surface area contributed by atoms with Gasteiger partial charge >= 0.3 is 5.97 Å². The summed E-state index contributed by atoms with van der Waals surface area (Å²) in [6.45, 7) is 0.254. The average Bonchev–Trinajstić information content (AvgIpc) is 2.93. The zero-order valence-corrected chi connectivity index (χ0v) is 21.1. The van der Waals surface area contributed by atoms with Crippen LogP contribution in [0.1, 0.15) is 46.3 Å². The summed E-state index contributed by atoms with van der Waals surface area (Å²) in [6, 6.07) is 28.7. The fraction of sp³-hybridized carbons (Fsp3) is 0.233. The van der Waals surface area contributed by atoms with Crippen LogP contribution in [0.2, 0.25) is 0 Å². The monoisotopic (exact) mass is 515 g/mol. The van der Waals surface area contributed by atoms with E-state index < -0.39 is 27.3 Å². The quantitative estimate of drug-likeness (QED) is 0.319. The highest BCUT2D eigenvalue weighted by molar-refractivity contribution is 7.90. The van der Waals surface area contributed by atoms with Crippen molar-refractivity contribution in [1.82, 2.24) is 4.72 Å². The van der Waals surface area contributed by atoms with E-state index in [1.54, 1.807) is 12.1 Å². The topological polar surface area (TPSA) is 104 Å². The van der Waals surface area contributed by atoms with Gasteiger partial charge in [-0.05, 0) is 57.9 Å². The number of rotatable bonds is 8. The molecular formula is C30H29NO5S. The van der Waals surface area contributed by atoms with E-state index in [1.165, 1.54) is 0 Å². The van der Waals surface area contributed by atoms with Gasteiger partial charge in [-0.3, -0.25) is 0 Å². The molecule has 4 aromatic carbocycles. The van der Waals surface area contributed by atoms with Crippen molar-refractivity contribution in [3.8, 4) is 0 Å². The van der Waals surface area contributed by atoms with E-state index in [9.17, 15) is 23.4 Å². The lowest BCUT2D eigenvalue weighted by molar-refractivity contribution is -0.146. The first-order valence-corrected chi connectivity index (χ1v) is 13.9. The Morgan fingerprint density at radius 2 is 1.51 bits per heavy atom. The van der Waals surface area contributed by atoms with Gasteiger partial charge in [-0.15, -0.1) is 0 Å². The highest BCUT2D eigenvalue weighted by atomic mass is 32.2. The number of sulfonamides is 1. The second-order valence-corrected chi connectivity index (χ2v) is 11.6. The number of aliphatic carboxylic acids is 1. The summed E-state index contributed by atoms with van der Waals surface area (Å²) in [5.41, 5.74) is 4.36. The van der Waals surface area contributed by atoms with Crippen molar-refractivity contribution >= 4 is 26.8 Å². The van der Waals surface area contributed by atoms with Crippen molar-refractivity contribution in [2.24, 2.45) is 0 Å². The molecule has 2 unspecified atom stereocenters. The van der Waals surface area contributed by atoms with Crippen molar-refractivity contribution < 1.29 is 23.4 Å². The highest BCUT2D eigenvalue weighted by Gasteiger charge is 2.32. The number of benzene rings is 4. The van der Waals surface area contributed by atoms with Gasteiger partial charge in [0.1, 0.15) is 0 Å². The largest absolute Gasteiger partial charge is 0.479 e. The predicted octanol–water partition coefficient (Wildman–Crippen LogP) is 4.57. The standard InChI is InChI=1S/C30H29NO5S/c32-29(30(33)34)26-13-7-12-24-25(26)17-15-22-14-16-23(18-27(22)24)37(35,36)31-19-28(20-8-3-1-4-9-20)21-10-5-2-6-11-21/h1-13,15,17,23,28-29,31-32H,14,16,18-19H2,(H,33,34). The van der Waals surface area contributed by atoms with E-state index in [-0.39, 0.29) is 12.5 Å². The molecule has 0 aromatic heterocycles. The maximum absolute atomic E-state index is 13.5. The minimum Gasteiger partial charge on any atom is -0.479 e. The average molecular weight is 516 g/mol. The van der Waals surface area contributed by atoms with Crippen LogP contribution in [0.3, 0.4) is 0 Å². The van der Waals surface area contributed by atoms with Crippen molar-refractivity contribution in [3.63, 3.8) is 0 Å². The summed E-state index contributed by atoms with van der Waals surface area (Å²) in [4.78, 5) is 11.4. The number of aliphatic hydroxyl groups is 1. The zero-order chi connectivity index (χ0) is 26.0. The van der Waals surface area contributed by atoms with Crippen molar-refractivity contribution in [3.05, 3.63) is 119 Å². The van der Waals surface area contributed by atoms with Gasteiger partial charge in [-0.25, -0.2) is 17.9 Å². The summed E-state index contributed by atoms with van der Waals surface area (Å²) >= 11 is 0. The molecule has 0 amide bonds. The second kappa shape index (κ2) is 10.5. The molecule has 0 saturated carbocycles. The Kier molecular flexibility index (Phi) is 7.11. The van der Waals surface area contributed by atoms with Crippen LogP contribution >= 0.6 is 0 Å². The van der Waals surface area contributed by atoms with Gasteiger partial charge in [0.25, 0.3) is 0 Å². The summed E-state index contributed by atoms with van der Waals surface area (Å²) in [5.74, 6) is -1.43. The minimum absolute atomic E-state index is 0.117. The first-order chi connectivity index (χ1) is 17.8. The summed E-state index contributed by atoms with van der Waals surface area (Å²) in [6.07, 6.45) is -0.189. The molecular weight excluding hydrogens is 486 g/mol. The number of hydrogen-bond donors (Lipinski definition) is 3. The van der Waals surface area contributed by atoms with E-state index in [4.69, 9.17) is 0 Å². The normalized spacial score (nSPS) is 16.4. The molecule has 0 saturated heterocycles. The Bertz CT molecular complexity index is 1480. The number of nitrogens with one attached hydrogen (secondary N) is 1. The van der Waals surface area contributed by atoms with Crippen molar-refractivity contribution in [2.75, 3.05) is 6.54 Å². The van der Waals surface area contributed by atoms with Crippen LogP contribution in [0.5, 0.6) is 0 Å². The Balaban J connectivity index is 1.41. The molecule has 0 aliphatic heterocycles. The summed E-state index contributed by atoms with van der Waals surface area (Å²) in [5, 5.41) is 20.3. The van der Waals surface area contributed by atoms with Crippen LogP contribution in [-0.2, 0) is 27.7 Å². The maximum atomic E-state index is 13.5. The van der Waals surface area contributed by atoms with Crippen LogP contribution in [0.25, 0.3) is 10.8 Å². The van der Waals surface area contributed by atoms with Gasteiger partial charge in [0, 0.05) is 12.5 Å². The Labute approximate surface area is 216 Å². The number of aliphatic hydroxyl groups excluding tert-OH is 1. The molecule has 0 radical (unpaired) electrons. The number of carboxylic acids is 1. The lowest BCUT2D eigenvalue weighted by Gasteiger charge is -2.27. The predicted molar refractivity (Wildman–Crippen MR) is 144 cm³/mol. The van der Waals surface area contributed by atoms with E-state index in [1.807, 2.05) is 78.9 Å². The molecule has 3 N–H and O–H groups in total. The number of hydrogen-bond acceptors (Lipinski definition) is 4. The van der Waals surface area contributed by atoms with Gasteiger partial charge in [-0.2, -0.15) is 0 Å². The van der Waals surface area contributed by atoms with Crippen LogP contribution < -0.4 is 4.72 Å². The third kappa shape index (κ3) is 5.16. The van der Waals surface area contributed by atoms with Gasteiger partial charge in [0.05, 0.1) is 5.25 Å². The molecule has 0 bridgehead atoms. The highest BCUT2D eigenvalue weighted by Crippen LogP contribution is 2.34. The van der Waals surface area contributed by atoms with E-state index in [0.29, 0.717) is 30.2 Å². The molecule has 2 atom stereocenters. The van der Waals surface area contributed by atoms with E-state index in [0.717, 1.165) is 27.6 Å². The Morgan fingerprint density at radius 3 is 2.14 bits per heavy atom. The van der Waals surface area contributed by atoms with Crippen LogP contribution in [0.15, 0.2) is 91.0 Å². The first kappa shape index (κ1) is 25.1.